The molecule has 1 N–H and O–H groups in total. The summed E-state index contributed by atoms with van der Waals surface area (Å²) in [5.74, 6) is -0.0876. The summed E-state index contributed by atoms with van der Waals surface area (Å²) in [6.45, 7) is 7.00. The molecular weight excluding hydrogens is 278 g/mol. The summed E-state index contributed by atoms with van der Waals surface area (Å²) in [5, 5.41) is 10.3. The highest BCUT2D eigenvalue weighted by Gasteiger charge is 2.26. The summed E-state index contributed by atoms with van der Waals surface area (Å²) in [6, 6.07) is 3.24. The summed E-state index contributed by atoms with van der Waals surface area (Å²) in [5.41, 5.74) is -0.325. The van der Waals surface area contributed by atoms with Crippen LogP contribution in [0.2, 0.25) is 5.02 Å². The fourth-order valence-corrected chi connectivity index (χ4v) is 2.50. The molecule has 110 valence electrons. The third-order valence-corrected chi connectivity index (χ3v) is 3.45. The van der Waals surface area contributed by atoms with E-state index in [4.69, 9.17) is 11.6 Å². The molecule has 0 aromatic carbocycles. The lowest BCUT2D eigenvalue weighted by molar-refractivity contribution is 0.0177. The van der Waals surface area contributed by atoms with Gasteiger partial charge in [-0.2, -0.15) is 0 Å². The molecule has 1 amide bonds. The van der Waals surface area contributed by atoms with Crippen molar-refractivity contribution in [3.8, 4) is 0 Å². The first-order valence-electron chi connectivity index (χ1n) is 6.71. The van der Waals surface area contributed by atoms with Crippen molar-refractivity contribution in [2.24, 2.45) is 0 Å². The Morgan fingerprint density at radius 1 is 1.40 bits per heavy atom. The lowest BCUT2D eigenvalue weighted by atomic mass is 10.1. The molecule has 1 fully saturated rings. The lowest BCUT2D eigenvalue weighted by Gasteiger charge is -2.37. The van der Waals surface area contributed by atoms with Gasteiger partial charge in [0.2, 0.25) is 0 Å². The van der Waals surface area contributed by atoms with E-state index in [-0.39, 0.29) is 5.91 Å². The Morgan fingerprint density at radius 2 is 2.05 bits per heavy atom. The third-order valence-electron chi connectivity index (χ3n) is 3.21. The number of rotatable bonds is 3. The predicted molar refractivity (Wildman–Crippen MR) is 77.9 cm³/mol. The van der Waals surface area contributed by atoms with Gasteiger partial charge in [-0.25, -0.2) is 0 Å². The molecule has 0 unspecified atom stereocenters. The van der Waals surface area contributed by atoms with Gasteiger partial charge in [0.05, 0.1) is 5.60 Å². The van der Waals surface area contributed by atoms with Crippen molar-refractivity contribution < 1.29 is 9.90 Å². The number of nitrogens with zero attached hydrogens (tertiary/aromatic N) is 3. The maximum atomic E-state index is 12.3. The van der Waals surface area contributed by atoms with E-state index in [1.54, 1.807) is 37.1 Å². The largest absolute Gasteiger partial charge is 0.389 e. The molecule has 1 aromatic heterocycles. The number of carbonyl (C=O) groups is 1. The van der Waals surface area contributed by atoms with Gasteiger partial charge in [0, 0.05) is 43.9 Å². The highest BCUT2D eigenvalue weighted by Crippen LogP contribution is 2.13. The molecule has 5 nitrogen and oxygen atoms in total. The van der Waals surface area contributed by atoms with Crippen LogP contribution in [0, 0.1) is 0 Å². The molecule has 1 saturated heterocycles. The maximum absolute atomic E-state index is 12.3. The van der Waals surface area contributed by atoms with Crippen LogP contribution in [0.25, 0.3) is 0 Å². The number of hydrogen-bond acceptors (Lipinski definition) is 4. The van der Waals surface area contributed by atoms with Gasteiger partial charge in [-0.05, 0) is 26.0 Å². The highest BCUT2D eigenvalue weighted by atomic mass is 35.5. The number of piperazine rings is 1. The van der Waals surface area contributed by atoms with Crippen LogP contribution in [0.4, 0.5) is 0 Å². The monoisotopic (exact) mass is 297 g/mol. The molecule has 1 aliphatic rings. The van der Waals surface area contributed by atoms with Gasteiger partial charge in [-0.15, -0.1) is 0 Å². The van der Waals surface area contributed by atoms with Gasteiger partial charge in [0.25, 0.3) is 5.91 Å². The molecule has 0 bridgehead atoms. The second-order valence-electron chi connectivity index (χ2n) is 5.74. The number of hydrogen-bond donors (Lipinski definition) is 1. The van der Waals surface area contributed by atoms with Crippen LogP contribution < -0.4 is 0 Å². The molecular formula is C14H20ClN3O2. The second kappa shape index (κ2) is 6.08. The molecule has 1 aliphatic heterocycles. The smallest absolute Gasteiger partial charge is 0.272 e. The Morgan fingerprint density at radius 3 is 2.60 bits per heavy atom. The van der Waals surface area contributed by atoms with Gasteiger partial charge in [-0.3, -0.25) is 14.7 Å². The predicted octanol–water partition coefficient (Wildman–Crippen LogP) is 1.26. The van der Waals surface area contributed by atoms with Crippen LogP contribution in [0.5, 0.6) is 0 Å². The average Bonchev–Trinajstić information content (AvgIpc) is 2.37. The fourth-order valence-electron chi connectivity index (χ4n) is 2.34. The molecule has 0 radical (unpaired) electrons. The molecule has 2 heterocycles. The van der Waals surface area contributed by atoms with Crippen LogP contribution in [-0.4, -0.2) is 64.1 Å². The van der Waals surface area contributed by atoms with Crippen molar-refractivity contribution in [1.29, 1.82) is 0 Å². The van der Waals surface area contributed by atoms with Crippen LogP contribution in [0.15, 0.2) is 18.3 Å². The van der Waals surface area contributed by atoms with E-state index in [0.717, 1.165) is 13.1 Å². The summed E-state index contributed by atoms with van der Waals surface area (Å²) in [6.07, 6.45) is 1.54. The zero-order chi connectivity index (χ0) is 14.8. The van der Waals surface area contributed by atoms with E-state index in [2.05, 4.69) is 9.88 Å². The van der Waals surface area contributed by atoms with Crippen molar-refractivity contribution in [2.75, 3.05) is 32.7 Å². The summed E-state index contributed by atoms with van der Waals surface area (Å²) in [7, 11) is 0. The number of amides is 1. The first kappa shape index (κ1) is 15.2. The number of pyridine rings is 1. The highest BCUT2D eigenvalue weighted by molar-refractivity contribution is 6.30. The number of aromatic nitrogens is 1. The third kappa shape index (κ3) is 4.16. The number of β-amino-alcohol motifs (C(OH)–C–C–N with tert-alkyl or cyclic N) is 1. The number of carbonyl (C=O) groups excluding carboxylic acids is 1. The SMILES string of the molecule is CC(C)(O)CN1CCN(C(=O)c2cc(Cl)ccn2)CC1. The minimum Gasteiger partial charge on any atom is -0.389 e. The Labute approximate surface area is 124 Å². The van der Waals surface area contributed by atoms with Gasteiger partial charge >= 0.3 is 0 Å². The van der Waals surface area contributed by atoms with Crippen molar-refractivity contribution in [2.45, 2.75) is 19.4 Å². The summed E-state index contributed by atoms with van der Waals surface area (Å²) < 4.78 is 0. The molecule has 0 aliphatic carbocycles. The minimum absolute atomic E-state index is 0.0876. The molecule has 0 atom stereocenters. The first-order valence-corrected chi connectivity index (χ1v) is 7.08. The van der Waals surface area contributed by atoms with E-state index in [1.165, 1.54) is 0 Å². The first-order chi connectivity index (χ1) is 9.35. The molecule has 20 heavy (non-hydrogen) atoms. The summed E-state index contributed by atoms with van der Waals surface area (Å²) >= 11 is 5.88. The van der Waals surface area contributed by atoms with Crippen LogP contribution >= 0.6 is 11.6 Å². The number of aliphatic hydroxyl groups is 1. The molecule has 6 heteroatoms. The van der Waals surface area contributed by atoms with Crippen molar-refractivity contribution in [1.82, 2.24) is 14.8 Å². The van der Waals surface area contributed by atoms with Crippen LogP contribution in [0.1, 0.15) is 24.3 Å². The molecule has 1 aromatic rings. The minimum atomic E-state index is -0.708. The van der Waals surface area contributed by atoms with Gasteiger partial charge in [0.15, 0.2) is 0 Å². The van der Waals surface area contributed by atoms with E-state index in [9.17, 15) is 9.90 Å². The van der Waals surface area contributed by atoms with Crippen molar-refractivity contribution >= 4 is 17.5 Å². The molecule has 2 rings (SSSR count). The zero-order valence-corrected chi connectivity index (χ0v) is 12.6. The van der Waals surface area contributed by atoms with E-state index >= 15 is 0 Å². The standard InChI is InChI=1S/C14H20ClN3O2/c1-14(2,20)10-17-5-7-18(8-6-17)13(19)12-9-11(15)3-4-16-12/h3-4,9,20H,5-8,10H2,1-2H3. The van der Waals surface area contributed by atoms with Crippen molar-refractivity contribution in [3.05, 3.63) is 29.0 Å². The Kier molecular flexibility index (Phi) is 4.62. The van der Waals surface area contributed by atoms with Gasteiger partial charge in [0.1, 0.15) is 5.69 Å². The zero-order valence-electron chi connectivity index (χ0n) is 11.8. The Bertz CT molecular complexity index is 480. The fraction of sp³-hybridized carbons (Fsp3) is 0.571. The molecule has 0 saturated carbocycles. The average molecular weight is 298 g/mol. The Balaban J connectivity index is 1.92. The maximum Gasteiger partial charge on any atom is 0.272 e. The van der Waals surface area contributed by atoms with E-state index in [1.807, 2.05) is 0 Å². The normalized spacial score (nSPS) is 17.3. The summed E-state index contributed by atoms with van der Waals surface area (Å²) in [4.78, 5) is 20.3. The number of halogens is 1. The topological polar surface area (TPSA) is 56.7 Å². The molecule has 0 spiro atoms. The second-order valence-corrected chi connectivity index (χ2v) is 6.18. The lowest BCUT2D eigenvalue weighted by Crippen LogP contribution is -2.52. The van der Waals surface area contributed by atoms with Crippen LogP contribution in [0.3, 0.4) is 0 Å². The van der Waals surface area contributed by atoms with Crippen LogP contribution in [-0.2, 0) is 0 Å². The van der Waals surface area contributed by atoms with E-state index in [0.29, 0.717) is 30.4 Å². The van der Waals surface area contributed by atoms with Gasteiger partial charge < -0.3 is 10.0 Å². The van der Waals surface area contributed by atoms with E-state index < -0.39 is 5.60 Å². The van der Waals surface area contributed by atoms with Gasteiger partial charge in [-0.1, -0.05) is 11.6 Å². The Hall–Kier alpha value is -1.17. The van der Waals surface area contributed by atoms with Crippen molar-refractivity contribution in [3.63, 3.8) is 0 Å². The quantitative estimate of drug-likeness (QED) is 0.913.